The molecule has 0 saturated carbocycles. The van der Waals surface area contributed by atoms with Crippen LogP contribution >= 0.6 is 8.25 Å². The second-order valence-electron chi connectivity index (χ2n) is 2.49. The summed E-state index contributed by atoms with van der Waals surface area (Å²) >= 11 is 0. The third-order valence-electron chi connectivity index (χ3n) is 1.79. The van der Waals surface area contributed by atoms with Crippen LogP contribution in [0, 0.1) is 0 Å². The van der Waals surface area contributed by atoms with Gasteiger partial charge in [-0.2, -0.15) is 0 Å². The highest BCUT2D eigenvalue weighted by Crippen LogP contribution is 2.30. The van der Waals surface area contributed by atoms with Gasteiger partial charge in [0, 0.05) is 0 Å². The van der Waals surface area contributed by atoms with Crippen molar-refractivity contribution in [3.05, 3.63) is 0 Å². The molecule has 0 bridgehead atoms. The summed E-state index contributed by atoms with van der Waals surface area (Å²) in [5, 5.41) is 0. The standard InChI is InChI=1S/C6H14O3P/c1-4-6(3,5-2)9-10(7)8/h4-5H2,1-3H3,(H,7,8). The molecule has 0 fully saturated rings. The third kappa shape index (κ3) is 3.25. The summed E-state index contributed by atoms with van der Waals surface area (Å²) in [5.41, 5.74) is -0.428. The molecule has 1 atom stereocenters. The molecular weight excluding hydrogens is 151 g/mol. The van der Waals surface area contributed by atoms with E-state index in [0.29, 0.717) is 0 Å². The predicted molar refractivity (Wildman–Crippen MR) is 39.9 cm³/mol. The fourth-order valence-corrected chi connectivity index (χ4v) is 1.20. The van der Waals surface area contributed by atoms with Crippen LogP contribution < -0.4 is 0 Å². The summed E-state index contributed by atoms with van der Waals surface area (Å²) in [7, 11) is -2.45. The minimum atomic E-state index is -2.45. The molecule has 0 saturated heterocycles. The fourth-order valence-electron chi connectivity index (χ4n) is 0.568. The average molecular weight is 165 g/mol. The van der Waals surface area contributed by atoms with Gasteiger partial charge in [-0.1, -0.05) is 13.8 Å². The van der Waals surface area contributed by atoms with Crippen molar-refractivity contribution in [2.45, 2.75) is 39.2 Å². The Bertz CT molecular complexity index is 120. The maximum absolute atomic E-state index is 10.3. The molecule has 0 heterocycles. The molecule has 0 aromatic rings. The highest BCUT2D eigenvalue weighted by Gasteiger charge is 2.22. The summed E-state index contributed by atoms with van der Waals surface area (Å²) in [6.07, 6.45) is 1.51. The van der Waals surface area contributed by atoms with Crippen LogP contribution in [0.3, 0.4) is 0 Å². The molecule has 4 heteroatoms. The van der Waals surface area contributed by atoms with E-state index in [4.69, 9.17) is 9.42 Å². The maximum Gasteiger partial charge on any atom is 0.366 e. The first-order valence-corrected chi connectivity index (χ1v) is 4.52. The Morgan fingerprint density at radius 2 is 1.90 bits per heavy atom. The molecule has 0 aliphatic heterocycles. The first kappa shape index (κ1) is 10.0. The summed E-state index contributed by atoms with van der Waals surface area (Å²) in [4.78, 5) is 8.44. The summed E-state index contributed by atoms with van der Waals surface area (Å²) in [6.45, 7) is 5.70. The molecule has 1 radical (unpaired) electrons. The summed E-state index contributed by atoms with van der Waals surface area (Å²) in [5.74, 6) is 0. The Kier molecular flexibility index (Phi) is 4.02. The van der Waals surface area contributed by atoms with E-state index >= 15 is 0 Å². The van der Waals surface area contributed by atoms with Crippen LogP contribution in [0.5, 0.6) is 0 Å². The molecule has 61 valence electrons. The lowest BCUT2D eigenvalue weighted by atomic mass is 10.0. The Balaban J connectivity index is 3.92. The number of rotatable bonds is 4. The topological polar surface area (TPSA) is 46.5 Å². The molecule has 0 amide bonds. The van der Waals surface area contributed by atoms with Crippen molar-refractivity contribution in [3.8, 4) is 0 Å². The van der Waals surface area contributed by atoms with E-state index in [1.54, 1.807) is 0 Å². The van der Waals surface area contributed by atoms with Gasteiger partial charge in [-0.3, -0.25) is 9.42 Å². The molecule has 1 N–H and O–H groups in total. The largest absolute Gasteiger partial charge is 0.366 e. The maximum atomic E-state index is 10.3. The zero-order valence-electron chi connectivity index (χ0n) is 6.63. The van der Waals surface area contributed by atoms with Crippen LogP contribution in [0.25, 0.3) is 0 Å². The smallest absolute Gasteiger partial charge is 0.298 e. The van der Waals surface area contributed by atoms with Gasteiger partial charge in [0.2, 0.25) is 0 Å². The van der Waals surface area contributed by atoms with Crippen LogP contribution in [-0.4, -0.2) is 10.5 Å². The molecular formula is C6H14O3P. The van der Waals surface area contributed by atoms with Gasteiger partial charge in [0.1, 0.15) is 0 Å². The lowest BCUT2D eigenvalue weighted by Crippen LogP contribution is -2.23. The molecule has 0 aromatic carbocycles. The van der Waals surface area contributed by atoms with E-state index in [2.05, 4.69) is 0 Å². The zero-order chi connectivity index (χ0) is 8.20. The van der Waals surface area contributed by atoms with Gasteiger partial charge in [-0.15, -0.1) is 0 Å². The fraction of sp³-hybridized carbons (Fsp3) is 1.00. The van der Waals surface area contributed by atoms with Crippen molar-refractivity contribution >= 4 is 8.25 Å². The van der Waals surface area contributed by atoms with Gasteiger partial charge in [-0.05, 0) is 19.8 Å². The van der Waals surface area contributed by atoms with Crippen molar-refractivity contribution in [3.63, 3.8) is 0 Å². The monoisotopic (exact) mass is 165 g/mol. The van der Waals surface area contributed by atoms with Gasteiger partial charge in [0.05, 0.1) is 5.60 Å². The van der Waals surface area contributed by atoms with Gasteiger partial charge >= 0.3 is 8.25 Å². The highest BCUT2D eigenvalue weighted by molar-refractivity contribution is 7.32. The highest BCUT2D eigenvalue weighted by atomic mass is 31.1. The van der Waals surface area contributed by atoms with Crippen molar-refractivity contribution in [2.24, 2.45) is 0 Å². The number of hydrogen-bond acceptors (Lipinski definition) is 2. The SMILES string of the molecule is CCC(C)(CC)O[P](=O)O. The predicted octanol–water partition coefficient (Wildman–Crippen LogP) is 2.23. The van der Waals surface area contributed by atoms with Crippen molar-refractivity contribution < 1.29 is 14.0 Å². The van der Waals surface area contributed by atoms with Crippen LogP contribution in [-0.2, 0) is 9.09 Å². The van der Waals surface area contributed by atoms with E-state index in [0.717, 1.165) is 12.8 Å². The molecule has 0 spiro atoms. The molecule has 3 nitrogen and oxygen atoms in total. The van der Waals surface area contributed by atoms with Crippen molar-refractivity contribution in [1.29, 1.82) is 0 Å². The van der Waals surface area contributed by atoms with E-state index in [1.807, 2.05) is 20.8 Å². The van der Waals surface area contributed by atoms with E-state index in [-0.39, 0.29) is 0 Å². The number of hydrogen-bond donors (Lipinski definition) is 1. The van der Waals surface area contributed by atoms with Gasteiger partial charge in [-0.25, -0.2) is 4.57 Å². The van der Waals surface area contributed by atoms with Crippen molar-refractivity contribution in [2.75, 3.05) is 0 Å². The molecule has 10 heavy (non-hydrogen) atoms. The molecule has 0 aromatic heterocycles. The third-order valence-corrected chi connectivity index (χ3v) is 2.39. The zero-order valence-corrected chi connectivity index (χ0v) is 7.52. The Morgan fingerprint density at radius 3 is 2.00 bits per heavy atom. The van der Waals surface area contributed by atoms with E-state index < -0.39 is 13.9 Å². The van der Waals surface area contributed by atoms with Gasteiger partial charge in [0.25, 0.3) is 0 Å². The Morgan fingerprint density at radius 1 is 1.50 bits per heavy atom. The minimum absolute atomic E-state index is 0.428. The van der Waals surface area contributed by atoms with E-state index in [1.165, 1.54) is 0 Å². The second kappa shape index (κ2) is 4.02. The summed E-state index contributed by atoms with van der Waals surface area (Å²) in [6, 6.07) is 0. The van der Waals surface area contributed by atoms with Crippen LogP contribution in [0.4, 0.5) is 0 Å². The first-order chi connectivity index (χ1) is 4.54. The normalized spacial score (nSPS) is 13.4. The van der Waals surface area contributed by atoms with Gasteiger partial charge in [0.15, 0.2) is 0 Å². The quantitative estimate of drug-likeness (QED) is 0.649. The molecule has 0 aliphatic carbocycles. The lowest BCUT2D eigenvalue weighted by Gasteiger charge is -2.23. The first-order valence-electron chi connectivity index (χ1n) is 3.39. The van der Waals surface area contributed by atoms with Gasteiger partial charge < -0.3 is 0 Å². The summed E-state index contributed by atoms with van der Waals surface area (Å²) < 4.78 is 15.1. The molecule has 0 aliphatic rings. The van der Waals surface area contributed by atoms with Crippen LogP contribution in [0.2, 0.25) is 0 Å². The Labute approximate surface area is 62.3 Å². The Hall–Kier alpha value is 0.0200. The van der Waals surface area contributed by atoms with Crippen molar-refractivity contribution in [1.82, 2.24) is 0 Å². The molecule has 1 unspecified atom stereocenters. The van der Waals surface area contributed by atoms with E-state index in [9.17, 15) is 4.57 Å². The average Bonchev–Trinajstić information content (AvgIpc) is 1.87. The van der Waals surface area contributed by atoms with Crippen LogP contribution in [0.1, 0.15) is 33.6 Å². The van der Waals surface area contributed by atoms with Crippen LogP contribution in [0.15, 0.2) is 0 Å². The lowest BCUT2D eigenvalue weighted by molar-refractivity contribution is 0.0758. The molecule has 0 rings (SSSR count). The minimum Gasteiger partial charge on any atom is -0.298 e. The second-order valence-corrected chi connectivity index (χ2v) is 3.14.